The number of benzene rings is 1. The van der Waals surface area contributed by atoms with Crippen LogP contribution in [0.1, 0.15) is 29.6 Å². The first-order valence-electron chi connectivity index (χ1n) is 6.48. The van der Waals surface area contributed by atoms with Crippen molar-refractivity contribution < 1.29 is 13.9 Å². The van der Waals surface area contributed by atoms with Crippen molar-refractivity contribution in [1.29, 1.82) is 0 Å². The Kier molecular flexibility index (Phi) is 4.54. The van der Waals surface area contributed by atoms with Crippen LogP contribution in [0.15, 0.2) is 18.2 Å². The van der Waals surface area contributed by atoms with Crippen LogP contribution in [0.2, 0.25) is 0 Å². The number of ether oxygens (including phenoxy) is 1. The summed E-state index contributed by atoms with van der Waals surface area (Å²) in [6.45, 7) is 0.548. The zero-order valence-electron chi connectivity index (χ0n) is 11.3. The molecule has 1 aliphatic rings. The van der Waals surface area contributed by atoms with Crippen molar-refractivity contribution in [2.75, 3.05) is 13.7 Å². The van der Waals surface area contributed by atoms with Crippen LogP contribution in [0.4, 0.5) is 4.39 Å². The largest absolute Gasteiger partial charge is 0.497 e. The van der Waals surface area contributed by atoms with Gasteiger partial charge in [0.1, 0.15) is 11.6 Å². The predicted molar refractivity (Wildman–Crippen MR) is 78.4 cm³/mol. The molecule has 2 N–H and O–H groups in total. The summed E-state index contributed by atoms with van der Waals surface area (Å²) in [7, 11) is 1.45. The van der Waals surface area contributed by atoms with Gasteiger partial charge in [-0.25, -0.2) is 4.39 Å². The molecular formula is C14H17FN2O2S. The number of piperidine rings is 1. The van der Waals surface area contributed by atoms with Gasteiger partial charge < -0.3 is 15.4 Å². The maximum Gasteiger partial charge on any atom is 0.257 e. The lowest BCUT2D eigenvalue weighted by Crippen LogP contribution is -2.50. The second-order valence-corrected chi connectivity index (χ2v) is 5.23. The minimum Gasteiger partial charge on any atom is -0.497 e. The fraction of sp³-hybridized carbons (Fsp3) is 0.429. The van der Waals surface area contributed by atoms with Crippen molar-refractivity contribution in [2.24, 2.45) is 5.73 Å². The first-order valence-corrected chi connectivity index (χ1v) is 6.89. The van der Waals surface area contributed by atoms with Gasteiger partial charge in [0.25, 0.3) is 5.91 Å². The molecule has 1 heterocycles. The molecule has 1 unspecified atom stereocenters. The highest BCUT2D eigenvalue weighted by Crippen LogP contribution is 2.23. The van der Waals surface area contributed by atoms with E-state index >= 15 is 0 Å². The summed E-state index contributed by atoms with van der Waals surface area (Å²) >= 11 is 5.00. The third-order valence-corrected chi connectivity index (χ3v) is 3.77. The summed E-state index contributed by atoms with van der Waals surface area (Å²) in [6, 6.07) is 3.91. The molecule has 6 heteroatoms. The van der Waals surface area contributed by atoms with Gasteiger partial charge in [-0.15, -0.1) is 0 Å². The third-order valence-electron chi connectivity index (χ3n) is 3.50. The van der Waals surface area contributed by atoms with E-state index in [-0.39, 0.29) is 22.5 Å². The molecule has 2 rings (SSSR count). The summed E-state index contributed by atoms with van der Waals surface area (Å²) in [4.78, 5) is 14.3. The molecule has 1 fully saturated rings. The topological polar surface area (TPSA) is 55.6 Å². The Morgan fingerprint density at radius 3 is 2.85 bits per heavy atom. The minimum atomic E-state index is -0.596. The van der Waals surface area contributed by atoms with Crippen molar-refractivity contribution >= 4 is 23.1 Å². The normalized spacial score (nSPS) is 18.7. The Labute approximate surface area is 122 Å². The SMILES string of the molecule is COc1ccc(C(=O)N2CCCCC2C(N)=S)c(F)c1. The van der Waals surface area contributed by atoms with Gasteiger partial charge in [-0.1, -0.05) is 12.2 Å². The highest BCUT2D eigenvalue weighted by atomic mass is 32.1. The van der Waals surface area contributed by atoms with Gasteiger partial charge in [0, 0.05) is 12.6 Å². The van der Waals surface area contributed by atoms with Gasteiger partial charge >= 0.3 is 0 Å². The fourth-order valence-corrected chi connectivity index (χ4v) is 2.67. The average Bonchev–Trinajstić information content (AvgIpc) is 2.46. The summed E-state index contributed by atoms with van der Waals surface area (Å²) in [5.74, 6) is -0.590. The predicted octanol–water partition coefficient (Wildman–Crippen LogP) is 2.12. The van der Waals surface area contributed by atoms with Gasteiger partial charge in [0.05, 0.1) is 23.7 Å². The number of halogens is 1. The zero-order valence-corrected chi connectivity index (χ0v) is 12.1. The molecule has 0 bridgehead atoms. The molecular weight excluding hydrogens is 279 g/mol. The Hall–Kier alpha value is -1.69. The number of amides is 1. The maximum atomic E-state index is 14.0. The van der Waals surface area contributed by atoms with E-state index in [9.17, 15) is 9.18 Å². The van der Waals surface area contributed by atoms with E-state index in [1.165, 1.54) is 19.2 Å². The number of nitrogens with zero attached hydrogens (tertiary/aromatic N) is 1. The molecule has 0 spiro atoms. The van der Waals surface area contributed by atoms with Crippen LogP contribution in [-0.2, 0) is 0 Å². The molecule has 108 valence electrons. The van der Waals surface area contributed by atoms with Crippen LogP contribution in [0.3, 0.4) is 0 Å². The minimum absolute atomic E-state index is 0.0222. The molecule has 0 radical (unpaired) electrons. The Balaban J connectivity index is 2.27. The molecule has 20 heavy (non-hydrogen) atoms. The van der Waals surface area contributed by atoms with E-state index in [4.69, 9.17) is 22.7 Å². The van der Waals surface area contributed by atoms with Gasteiger partial charge in [-0.3, -0.25) is 4.79 Å². The van der Waals surface area contributed by atoms with Crippen LogP contribution in [0.25, 0.3) is 0 Å². The molecule has 0 aromatic heterocycles. The number of carbonyl (C=O) groups excluding carboxylic acids is 1. The van der Waals surface area contributed by atoms with E-state index in [1.807, 2.05) is 0 Å². The lowest BCUT2D eigenvalue weighted by Gasteiger charge is -2.35. The van der Waals surface area contributed by atoms with E-state index in [0.717, 1.165) is 19.3 Å². The van der Waals surface area contributed by atoms with Crippen molar-refractivity contribution in [3.8, 4) is 5.75 Å². The molecule has 1 aromatic carbocycles. The molecule has 1 aromatic rings. The second kappa shape index (κ2) is 6.17. The first-order chi connectivity index (χ1) is 9.54. The van der Waals surface area contributed by atoms with Crippen LogP contribution < -0.4 is 10.5 Å². The summed E-state index contributed by atoms with van der Waals surface area (Å²) < 4.78 is 18.9. The lowest BCUT2D eigenvalue weighted by molar-refractivity contribution is 0.0676. The van der Waals surface area contributed by atoms with Gasteiger partial charge in [0.2, 0.25) is 0 Å². The standard InChI is InChI=1S/C14H17FN2O2S/c1-19-9-5-6-10(11(15)8-9)14(18)17-7-3-2-4-12(17)13(16)20/h5-6,8,12H,2-4,7H2,1H3,(H2,16,20). The molecule has 4 nitrogen and oxygen atoms in total. The molecule has 1 aliphatic heterocycles. The average molecular weight is 296 g/mol. The van der Waals surface area contributed by atoms with Gasteiger partial charge in [-0.05, 0) is 31.4 Å². The first kappa shape index (κ1) is 14.7. The van der Waals surface area contributed by atoms with Crippen LogP contribution in [0, 0.1) is 5.82 Å². The molecule has 1 amide bonds. The van der Waals surface area contributed by atoms with Crippen molar-refractivity contribution in [3.63, 3.8) is 0 Å². The number of carbonyl (C=O) groups is 1. The summed E-state index contributed by atoms with van der Waals surface area (Å²) in [5, 5.41) is 0. The van der Waals surface area contributed by atoms with Crippen LogP contribution >= 0.6 is 12.2 Å². The highest BCUT2D eigenvalue weighted by Gasteiger charge is 2.30. The van der Waals surface area contributed by atoms with Gasteiger partial charge in [0.15, 0.2) is 0 Å². The van der Waals surface area contributed by atoms with Crippen molar-refractivity contribution in [1.82, 2.24) is 4.90 Å². The van der Waals surface area contributed by atoms with Crippen molar-refractivity contribution in [2.45, 2.75) is 25.3 Å². The van der Waals surface area contributed by atoms with Crippen LogP contribution in [0.5, 0.6) is 5.75 Å². The third kappa shape index (κ3) is 2.90. The second-order valence-electron chi connectivity index (χ2n) is 4.76. The molecule has 0 saturated carbocycles. The summed E-state index contributed by atoms with van der Waals surface area (Å²) in [5.41, 5.74) is 5.70. The molecule has 0 aliphatic carbocycles. The van der Waals surface area contributed by atoms with Gasteiger partial charge in [-0.2, -0.15) is 0 Å². The number of rotatable bonds is 3. The number of likely N-dealkylation sites (tertiary alicyclic amines) is 1. The number of hydrogen-bond donors (Lipinski definition) is 1. The van der Waals surface area contributed by atoms with E-state index in [0.29, 0.717) is 12.3 Å². The Morgan fingerprint density at radius 2 is 2.25 bits per heavy atom. The zero-order chi connectivity index (χ0) is 14.7. The highest BCUT2D eigenvalue weighted by molar-refractivity contribution is 7.80. The summed E-state index contributed by atoms with van der Waals surface area (Å²) in [6.07, 6.45) is 2.58. The quantitative estimate of drug-likeness (QED) is 0.868. The lowest BCUT2D eigenvalue weighted by atomic mass is 10.0. The number of methoxy groups -OCH3 is 1. The number of hydrogen-bond acceptors (Lipinski definition) is 3. The Morgan fingerprint density at radius 1 is 1.50 bits per heavy atom. The molecule has 1 atom stereocenters. The monoisotopic (exact) mass is 296 g/mol. The Bertz CT molecular complexity index is 536. The smallest absolute Gasteiger partial charge is 0.257 e. The fourth-order valence-electron chi connectivity index (χ4n) is 2.42. The maximum absolute atomic E-state index is 14.0. The molecule has 1 saturated heterocycles. The van der Waals surface area contributed by atoms with E-state index < -0.39 is 5.82 Å². The van der Waals surface area contributed by atoms with E-state index in [1.54, 1.807) is 11.0 Å². The van der Waals surface area contributed by atoms with Crippen molar-refractivity contribution in [3.05, 3.63) is 29.6 Å². The van der Waals surface area contributed by atoms with Crippen LogP contribution in [-0.4, -0.2) is 35.5 Å². The number of nitrogens with two attached hydrogens (primary N) is 1. The number of thiocarbonyl (C=S) groups is 1. The van der Waals surface area contributed by atoms with E-state index in [2.05, 4.69) is 0 Å².